The van der Waals surface area contributed by atoms with Gasteiger partial charge in [0.15, 0.2) is 5.82 Å². The SMILES string of the molecule is CCCc1noc(N2CCC(N(C(=O)c3cn[nH]c3)C3CC3)CC2)n1. The molecule has 2 aliphatic rings. The van der Waals surface area contributed by atoms with Gasteiger partial charge in [0.2, 0.25) is 0 Å². The number of piperidine rings is 1. The number of rotatable bonds is 6. The first kappa shape index (κ1) is 16.1. The van der Waals surface area contributed by atoms with Crippen LogP contribution in [0.4, 0.5) is 6.01 Å². The molecule has 8 nitrogen and oxygen atoms in total. The van der Waals surface area contributed by atoms with Gasteiger partial charge in [0.25, 0.3) is 5.91 Å². The Hall–Kier alpha value is -2.38. The number of hydrogen-bond donors (Lipinski definition) is 1. The van der Waals surface area contributed by atoms with E-state index in [1.165, 1.54) is 0 Å². The summed E-state index contributed by atoms with van der Waals surface area (Å²) in [5, 5.41) is 10.7. The summed E-state index contributed by atoms with van der Waals surface area (Å²) in [5.74, 6) is 0.868. The second-order valence-electron chi connectivity index (χ2n) is 6.89. The minimum Gasteiger partial charge on any atom is -0.332 e. The van der Waals surface area contributed by atoms with Crippen LogP contribution in [0, 0.1) is 0 Å². The molecule has 0 radical (unpaired) electrons. The average molecular weight is 344 g/mol. The van der Waals surface area contributed by atoms with Crippen LogP contribution >= 0.6 is 0 Å². The molecule has 134 valence electrons. The minimum atomic E-state index is 0.0951. The minimum absolute atomic E-state index is 0.0951. The summed E-state index contributed by atoms with van der Waals surface area (Å²) in [7, 11) is 0. The first-order chi connectivity index (χ1) is 12.3. The number of amides is 1. The van der Waals surface area contributed by atoms with Gasteiger partial charge in [-0.05, 0) is 32.1 Å². The zero-order chi connectivity index (χ0) is 17.2. The lowest BCUT2D eigenvalue weighted by atomic mass is 10.0. The average Bonchev–Trinajstić information content (AvgIpc) is 3.13. The number of carbonyl (C=O) groups is 1. The molecule has 1 saturated heterocycles. The molecule has 2 aromatic rings. The fraction of sp³-hybridized carbons (Fsp3) is 0.647. The molecule has 0 aromatic carbocycles. The van der Waals surface area contributed by atoms with Gasteiger partial charge in [-0.15, -0.1) is 0 Å². The van der Waals surface area contributed by atoms with Crippen LogP contribution in [0.2, 0.25) is 0 Å². The monoisotopic (exact) mass is 344 g/mol. The number of hydrogen-bond acceptors (Lipinski definition) is 6. The highest BCUT2D eigenvalue weighted by Gasteiger charge is 2.39. The van der Waals surface area contributed by atoms with E-state index in [0.29, 0.717) is 17.6 Å². The van der Waals surface area contributed by atoms with Crippen molar-refractivity contribution in [3.05, 3.63) is 23.8 Å². The van der Waals surface area contributed by atoms with Crippen molar-refractivity contribution in [2.45, 2.75) is 57.5 Å². The predicted molar refractivity (Wildman–Crippen MR) is 91.3 cm³/mol. The van der Waals surface area contributed by atoms with Gasteiger partial charge in [-0.25, -0.2) is 0 Å². The Morgan fingerprint density at radius 2 is 2.08 bits per heavy atom. The van der Waals surface area contributed by atoms with Crippen LogP contribution in [-0.4, -0.2) is 56.3 Å². The molecular formula is C17H24N6O2. The molecule has 1 aliphatic heterocycles. The molecule has 8 heteroatoms. The molecule has 1 amide bonds. The lowest BCUT2D eigenvalue weighted by Gasteiger charge is -2.38. The van der Waals surface area contributed by atoms with Crippen molar-refractivity contribution in [1.82, 2.24) is 25.2 Å². The Morgan fingerprint density at radius 1 is 1.32 bits per heavy atom. The van der Waals surface area contributed by atoms with Crippen LogP contribution in [0.15, 0.2) is 16.9 Å². The number of H-pyrrole nitrogens is 1. The standard InChI is InChI=1S/C17H24N6O2/c1-2-3-15-20-17(25-21-15)22-8-6-14(7-9-22)23(13-4-5-13)16(24)12-10-18-19-11-12/h10-11,13-14H,2-9H2,1H3,(H,18,19). The maximum absolute atomic E-state index is 12.8. The normalized spacial score (nSPS) is 18.5. The zero-order valence-electron chi connectivity index (χ0n) is 14.5. The summed E-state index contributed by atoms with van der Waals surface area (Å²) < 4.78 is 5.39. The van der Waals surface area contributed by atoms with Crippen molar-refractivity contribution in [3.63, 3.8) is 0 Å². The maximum atomic E-state index is 12.8. The van der Waals surface area contributed by atoms with Gasteiger partial charge < -0.3 is 14.3 Å². The van der Waals surface area contributed by atoms with E-state index in [1.807, 2.05) is 0 Å². The Balaban J connectivity index is 1.40. The first-order valence-electron chi connectivity index (χ1n) is 9.15. The Morgan fingerprint density at radius 3 is 2.72 bits per heavy atom. The van der Waals surface area contributed by atoms with Crippen molar-refractivity contribution in [2.75, 3.05) is 18.0 Å². The molecule has 2 aromatic heterocycles. The topological polar surface area (TPSA) is 91.2 Å². The van der Waals surface area contributed by atoms with Crippen molar-refractivity contribution in [1.29, 1.82) is 0 Å². The fourth-order valence-electron chi connectivity index (χ4n) is 3.53. The summed E-state index contributed by atoms with van der Waals surface area (Å²) in [5.41, 5.74) is 0.649. The summed E-state index contributed by atoms with van der Waals surface area (Å²) in [6.45, 7) is 3.77. The van der Waals surface area contributed by atoms with E-state index >= 15 is 0 Å². The van der Waals surface area contributed by atoms with Crippen LogP contribution in [0.25, 0.3) is 0 Å². The number of nitrogens with one attached hydrogen (secondary N) is 1. The summed E-state index contributed by atoms with van der Waals surface area (Å²) in [6.07, 6.45) is 9.20. The maximum Gasteiger partial charge on any atom is 0.324 e. The second kappa shape index (κ2) is 6.85. The number of aryl methyl sites for hydroxylation is 1. The molecule has 0 unspecified atom stereocenters. The van der Waals surface area contributed by atoms with Gasteiger partial charge >= 0.3 is 6.01 Å². The Kier molecular flexibility index (Phi) is 4.42. The molecule has 25 heavy (non-hydrogen) atoms. The quantitative estimate of drug-likeness (QED) is 0.862. The Labute approximate surface area is 146 Å². The summed E-state index contributed by atoms with van der Waals surface area (Å²) in [4.78, 5) is 21.5. The highest BCUT2D eigenvalue weighted by atomic mass is 16.5. The highest BCUT2D eigenvalue weighted by molar-refractivity contribution is 5.94. The molecule has 4 rings (SSSR count). The number of carbonyl (C=O) groups excluding carboxylic acids is 1. The van der Waals surface area contributed by atoms with Crippen molar-refractivity contribution < 1.29 is 9.32 Å². The van der Waals surface area contributed by atoms with Crippen molar-refractivity contribution in [2.24, 2.45) is 0 Å². The number of anilines is 1. The van der Waals surface area contributed by atoms with Gasteiger partial charge in [0, 0.05) is 37.8 Å². The van der Waals surface area contributed by atoms with Crippen molar-refractivity contribution in [3.8, 4) is 0 Å². The predicted octanol–water partition coefficient (Wildman–Crippen LogP) is 2.02. The van der Waals surface area contributed by atoms with E-state index in [0.717, 1.165) is 57.4 Å². The van der Waals surface area contributed by atoms with Gasteiger partial charge in [-0.3, -0.25) is 9.89 Å². The molecule has 3 heterocycles. The third-order valence-corrected chi connectivity index (χ3v) is 4.98. The highest BCUT2D eigenvalue weighted by Crippen LogP contribution is 2.33. The van der Waals surface area contributed by atoms with E-state index in [2.05, 4.69) is 37.1 Å². The molecule has 0 atom stereocenters. The van der Waals surface area contributed by atoms with Gasteiger partial charge in [0.1, 0.15) is 0 Å². The van der Waals surface area contributed by atoms with E-state index in [1.54, 1.807) is 12.4 Å². The third-order valence-electron chi connectivity index (χ3n) is 4.98. The molecular weight excluding hydrogens is 320 g/mol. The van der Waals surface area contributed by atoms with Crippen LogP contribution < -0.4 is 4.90 Å². The van der Waals surface area contributed by atoms with E-state index < -0.39 is 0 Å². The molecule has 1 saturated carbocycles. The van der Waals surface area contributed by atoms with Crippen LogP contribution in [0.1, 0.15) is 55.2 Å². The molecule has 0 spiro atoms. The zero-order valence-corrected chi connectivity index (χ0v) is 14.5. The Bertz CT molecular complexity index is 701. The van der Waals surface area contributed by atoms with E-state index in [4.69, 9.17) is 4.52 Å². The molecule has 0 bridgehead atoms. The third kappa shape index (κ3) is 3.38. The van der Waals surface area contributed by atoms with Gasteiger partial charge in [0.05, 0.1) is 11.8 Å². The smallest absolute Gasteiger partial charge is 0.324 e. The van der Waals surface area contributed by atoms with Crippen LogP contribution in [-0.2, 0) is 6.42 Å². The second-order valence-corrected chi connectivity index (χ2v) is 6.89. The largest absolute Gasteiger partial charge is 0.332 e. The molecule has 1 aliphatic carbocycles. The fourth-order valence-corrected chi connectivity index (χ4v) is 3.53. The molecule has 1 N–H and O–H groups in total. The molecule has 2 fully saturated rings. The number of aromatic nitrogens is 4. The first-order valence-corrected chi connectivity index (χ1v) is 9.15. The van der Waals surface area contributed by atoms with E-state index in [-0.39, 0.29) is 11.9 Å². The van der Waals surface area contributed by atoms with Gasteiger partial charge in [-0.2, -0.15) is 10.1 Å². The summed E-state index contributed by atoms with van der Waals surface area (Å²) >= 11 is 0. The van der Waals surface area contributed by atoms with Gasteiger partial charge in [-0.1, -0.05) is 12.1 Å². The number of aromatic amines is 1. The van der Waals surface area contributed by atoms with Crippen LogP contribution in [0.3, 0.4) is 0 Å². The number of nitrogens with zero attached hydrogens (tertiary/aromatic N) is 5. The summed E-state index contributed by atoms with van der Waals surface area (Å²) in [6, 6.07) is 1.27. The van der Waals surface area contributed by atoms with Crippen LogP contribution in [0.5, 0.6) is 0 Å². The lowest BCUT2D eigenvalue weighted by molar-refractivity contribution is 0.0629. The van der Waals surface area contributed by atoms with E-state index in [9.17, 15) is 4.79 Å². The lowest BCUT2D eigenvalue weighted by Crippen LogP contribution is -2.48. The van der Waals surface area contributed by atoms with Crippen molar-refractivity contribution >= 4 is 11.9 Å².